The molecule has 7 nitrogen and oxygen atoms in total. The molecule has 28 heavy (non-hydrogen) atoms. The summed E-state index contributed by atoms with van der Waals surface area (Å²) < 4.78 is 15.4. The van der Waals surface area contributed by atoms with Crippen LogP contribution in [0.5, 0.6) is 0 Å². The first-order valence-electron chi connectivity index (χ1n) is 9.11. The Morgan fingerprint density at radius 2 is 1.71 bits per heavy atom. The minimum Gasteiger partial charge on any atom is -0.466 e. The zero-order valence-corrected chi connectivity index (χ0v) is 16.9. The van der Waals surface area contributed by atoms with Crippen LogP contribution in [0.4, 0.5) is 0 Å². The van der Waals surface area contributed by atoms with Crippen molar-refractivity contribution in [2.75, 3.05) is 41.0 Å². The quantitative estimate of drug-likeness (QED) is 0.512. The molecule has 1 aliphatic rings. The highest BCUT2D eigenvalue weighted by Crippen LogP contribution is 2.25. The van der Waals surface area contributed by atoms with E-state index in [0.717, 1.165) is 13.1 Å². The van der Waals surface area contributed by atoms with E-state index in [0.29, 0.717) is 29.1 Å². The third-order valence-electron chi connectivity index (χ3n) is 4.53. The number of methoxy groups -OCH3 is 2. The monoisotopic (exact) mass is 388 g/mol. The first-order valence-corrected chi connectivity index (χ1v) is 9.11. The van der Waals surface area contributed by atoms with E-state index in [2.05, 4.69) is 22.3 Å². The normalized spacial score (nSPS) is 14.2. The van der Waals surface area contributed by atoms with Crippen LogP contribution in [0.15, 0.2) is 52.9 Å². The largest absolute Gasteiger partial charge is 0.466 e. The Hall–Kier alpha value is -2.64. The van der Waals surface area contributed by atoms with E-state index in [9.17, 15) is 9.59 Å². The molecule has 1 aromatic carbocycles. The number of hydrogen-bond donors (Lipinski definition) is 1. The Labute approximate surface area is 165 Å². The van der Waals surface area contributed by atoms with Crippen LogP contribution in [0.3, 0.4) is 0 Å². The number of carbonyl (C=O) groups is 2. The van der Waals surface area contributed by atoms with Gasteiger partial charge >= 0.3 is 11.9 Å². The maximum atomic E-state index is 12.1. The van der Waals surface area contributed by atoms with Crippen LogP contribution in [0.2, 0.25) is 0 Å². The van der Waals surface area contributed by atoms with Crippen molar-refractivity contribution in [1.29, 1.82) is 0 Å². The molecule has 1 aliphatic heterocycles. The molecule has 0 bridgehead atoms. The van der Waals surface area contributed by atoms with E-state index in [1.807, 2.05) is 25.2 Å². The number of ether oxygens (including phenoxy) is 3. The first-order chi connectivity index (χ1) is 13.5. The summed E-state index contributed by atoms with van der Waals surface area (Å²) in [6.07, 6.45) is 0.158. The van der Waals surface area contributed by atoms with Gasteiger partial charge in [-0.2, -0.15) is 0 Å². The van der Waals surface area contributed by atoms with Crippen LogP contribution in [0.25, 0.3) is 0 Å². The van der Waals surface area contributed by atoms with E-state index < -0.39 is 11.9 Å². The predicted octanol–water partition coefficient (Wildman–Crippen LogP) is 2.00. The highest BCUT2D eigenvalue weighted by molar-refractivity contribution is 5.96. The zero-order chi connectivity index (χ0) is 20.5. The van der Waals surface area contributed by atoms with E-state index in [4.69, 9.17) is 14.2 Å². The Balaban J connectivity index is 1.90. The molecule has 2 rings (SSSR count). The second kappa shape index (κ2) is 10.6. The molecule has 152 valence electrons. The van der Waals surface area contributed by atoms with Gasteiger partial charge in [0, 0.05) is 25.2 Å². The van der Waals surface area contributed by atoms with Crippen LogP contribution in [0, 0.1) is 0 Å². The van der Waals surface area contributed by atoms with E-state index >= 15 is 0 Å². The number of likely N-dealkylation sites (N-methyl/N-ethyl adjacent to an activating group) is 1. The molecule has 1 aromatic rings. The molecule has 0 amide bonds. The van der Waals surface area contributed by atoms with Gasteiger partial charge in [-0.15, -0.1) is 0 Å². The summed E-state index contributed by atoms with van der Waals surface area (Å²) in [6.45, 7) is 4.10. The Kier molecular flexibility index (Phi) is 8.22. The maximum absolute atomic E-state index is 12.1. The Morgan fingerprint density at radius 3 is 2.36 bits per heavy atom. The minimum absolute atomic E-state index is 0.158. The molecule has 0 spiro atoms. The summed E-state index contributed by atoms with van der Waals surface area (Å²) in [5.41, 5.74) is 3.30. The first kappa shape index (κ1) is 21.7. The lowest BCUT2D eigenvalue weighted by molar-refractivity contribution is -0.136. The SMILES string of the molecule is COC(=O)C1=C(C)NC(COCCN(C)Cc2ccccc2)=C(C(=O)OC)C1. The topological polar surface area (TPSA) is 77.1 Å². The van der Waals surface area contributed by atoms with Gasteiger partial charge in [-0.3, -0.25) is 4.90 Å². The molecule has 0 saturated heterocycles. The fourth-order valence-corrected chi connectivity index (χ4v) is 2.95. The van der Waals surface area contributed by atoms with Gasteiger partial charge in [-0.1, -0.05) is 30.3 Å². The molecular formula is C21H28N2O5. The fraction of sp³-hybridized carbons (Fsp3) is 0.429. The van der Waals surface area contributed by atoms with Gasteiger partial charge in [-0.25, -0.2) is 9.59 Å². The van der Waals surface area contributed by atoms with E-state index in [1.54, 1.807) is 6.92 Å². The summed E-state index contributed by atoms with van der Waals surface area (Å²) in [6, 6.07) is 10.2. The van der Waals surface area contributed by atoms with Crippen LogP contribution >= 0.6 is 0 Å². The van der Waals surface area contributed by atoms with Crippen molar-refractivity contribution in [3.05, 3.63) is 58.4 Å². The fourth-order valence-electron chi connectivity index (χ4n) is 2.95. The molecule has 0 unspecified atom stereocenters. The smallest absolute Gasteiger partial charge is 0.335 e. The van der Waals surface area contributed by atoms with Crippen molar-refractivity contribution in [3.63, 3.8) is 0 Å². The summed E-state index contributed by atoms with van der Waals surface area (Å²) in [5, 5.41) is 3.09. The molecule has 0 saturated carbocycles. The van der Waals surface area contributed by atoms with Crippen molar-refractivity contribution in [3.8, 4) is 0 Å². The number of hydrogen-bond acceptors (Lipinski definition) is 7. The lowest BCUT2D eigenvalue weighted by Crippen LogP contribution is -2.30. The second-order valence-corrected chi connectivity index (χ2v) is 6.62. The molecule has 0 aromatic heterocycles. The Bertz CT molecular complexity index is 755. The number of esters is 2. The van der Waals surface area contributed by atoms with Crippen molar-refractivity contribution in [2.24, 2.45) is 0 Å². The number of dihydropyridines is 1. The third-order valence-corrected chi connectivity index (χ3v) is 4.53. The maximum Gasteiger partial charge on any atom is 0.335 e. The second-order valence-electron chi connectivity index (χ2n) is 6.62. The number of benzene rings is 1. The molecule has 1 N–H and O–H groups in total. The average Bonchev–Trinajstić information content (AvgIpc) is 2.71. The van der Waals surface area contributed by atoms with Gasteiger partial charge < -0.3 is 19.5 Å². The summed E-state index contributed by atoms with van der Waals surface area (Å²) in [7, 11) is 4.66. The standard InChI is InChI=1S/C21H28N2O5/c1-15-17(20(24)26-3)12-18(21(25)27-4)19(22-15)14-28-11-10-23(2)13-16-8-6-5-7-9-16/h5-9,22H,10-14H2,1-4H3. The molecule has 0 atom stereocenters. The van der Waals surface area contributed by atoms with Gasteiger partial charge in [0.2, 0.25) is 0 Å². The van der Waals surface area contributed by atoms with Crippen LogP contribution in [-0.4, -0.2) is 57.9 Å². The molecule has 7 heteroatoms. The zero-order valence-electron chi connectivity index (χ0n) is 16.9. The van der Waals surface area contributed by atoms with Gasteiger partial charge in [0.1, 0.15) is 0 Å². The lowest BCUT2D eigenvalue weighted by Gasteiger charge is -2.24. The third kappa shape index (κ3) is 5.94. The predicted molar refractivity (Wildman–Crippen MR) is 105 cm³/mol. The lowest BCUT2D eigenvalue weighted by atomic mass is 9.98. The van der Waals surface area contributed by atoms with Crippen molar-refractivity contribution in [2.45, 2.75) is 19.9 Å². The van der Waals surface area contributed by atoms with Crippen LogP contribution in [-0.2, 0) is 30.3 Å². The highest BCUT2D eigenvalue weighted by Gasteiger charge is 2.27. The van der Waals surface area contributed by atoms with Crippen LogP contribution in [0.1, 0.15) is 18.9 Å². The van der Waals surface area contributed by atoms with E-state index in [1.165, 1.54) is 19.8 Å². The molecule has 0 fully saturated rings. The van der Waals surface area contributed by atoms with Crippen molar-refractivity contribution in [1.82, 2.24) is 10.2 Å². The minimum atomic E-state index is -0.485. The molecule has 0 aliphatic carbocycles. The number of rotatable bonds is 9. The average molecular weight is 388 g/mol. The van der Waals surface area contributed by atoms with Gasteiger partial charge in [-0.05, 0) is 19.5 Å². The van der Waals surface area contributed by atoms with Crippen molar-refractivity contribution >= 4 is 11.9 Å². The highest BCUT2D eigenvalue weighted by atomic mass is 16.5. The summed E-state index contributed by atoms with van der Waals surface area (Å²) in [4.78, 5) is 26.2. The van der Waals surface area contributed by atoms with Gasteiger partial charge in [0.05, 0.1) is 44.3 Å². The summed E-state index contributed by atoms with van der Waals surface area (Å²) in [5.74, 6) is -0.949. The van der Waals surface area contributed by atoms with Crippen LogP contribution < -0.4 is 5.32 Å². The Morgan fingerprint density at radius 1 is 1.07 bits per heavy atom. The summed E-state index contributed by atoms with van der Waals surface area (Å²) >= 11 is 0. The molecule has 0 radical (unpaired) electrons. The number of nitrogens with zero attached hydrogens (tertiary/aromatic N) is 1. The number of allylic oxidation sites excluding steroid dienone is 1. The van der Waals surface area contributed by atoms with Gasteiger partial charge in [0.15, 0.2) is 0 Å². The molecule has 1 heterocycles. The number of nitrogens with one attached hydrogen (secondary N) is 1. The van der Waals surface area contributed by atoms with Crippen molar-refractivity contribution < 1.29 is 23.8 Å². The van der Waals surface area contributed by atoms with E-state index in [-0.39, 0.29) is 13.0 Å². The molecular weight excluding hydrogens is 360 g/mol. The number of carbonyl (C=O) groups excluding carboxylic acids is 2. The van der Waals surface area contributed by atoms with Gasteiger partial charge in [0.25, 0.3) is 0 Å².